The van der Waals surface area contributed by atoms with Crippen molar-refractivity contribution in [2.75, 3.05) is 24.3 Å². The number of fused-ring (bicyclic) bond motifs is 1. The maximum atomic E-state index is 12.4. The minimum absolute atomic E-state index is 0.109. The molecule has 1 amide bonds. The van der Waals surface area contributed by atoms with Crippen molar-refractivity contribution in [1.82, 2.24) is 14.8 Å². The molecule has 1 N–H and O–H groups in total. The van der Waals surface area contributed by atoms with Gasteiger partial charge in [-0.05, 0) is 30.5 Å². The fraction of sp³-hybridized carbons (Fsp3) is 0.316. The van der Waals surface area contributed by atoms with E-state index in [0.717, 1.165) is 28.8 Å². The van der Waals surface area contributed by atoms with Gasteiger partial charge in [-0.1, -0.05) is 17.8 Å². The molecule has 0 spiro atoms. The molecule has 2 aromatic heterocycles. The van der Waals surface area contributed by atoms with Crippen LogP contribution in [-0.4, -0.2) is 39.6 Å². The summed E-state index contributed by atoms with van der Waals surface area (Å²) in [5.41, 5.74) is 0.686. The number of aromatic nitrogens is 3. The molecular weight excluding hydrogens is 396 g/mol. The Hall–Kier alpha value is -2.52. The van der Waals surface area contributed by atoms with Crippen molar-refractivity contribution in [1.29, 1.82) is 0 Å². The number of thiophene rings is 1. The maximum absolute atomic E-state index is 12.4. The number of carbonyl (C=O) groups excluding carboxylic acids is 1. The van der Waals surface area contributed by atoms with E-state index in [-0.39, 0.29) is 11.7 Å². The Morgan fingerprint density at radius 3 is 2.89 bits per heavy atom. The molecule has 0 atom stereocenters. The zero-order valence-corrected chi connectivity index (χ0v) is 17.0. The first-order chi connectivity index (χ1) is 13.7. The number of anilines is 1. The van der Waals surface area contributed by atoms with Gasteiger partial charge in [-0.2, -0.15) is 0 Å². The molecule has 0 unspecified atom stereocenters. The molecule has 7 nitrogen and oxygen atoms in total. The molecule has 9 heteroatoms. The lowest BCUT2D eigenvalue weighted by Crippen LogP contribution is -2.14. The average Bonchev–Trinajstić information content (AvgIpc) is 3.31. The van der Waals surface area contributed by atoms with E-state index >= 15 is 0 Å². The molecule has 0 saturated carbocycles. The zero-order chi connectivity index (χ0) is 19.3. The Labute approximate surface area is 171 Å². The molecule has 1 aromatic carbocycles. The van der Waals surface area contributed by atoms with Gasteiger partial charge in [-0.3, -0.25) is 4.79 Å². The minimum atomic E-state index is -0.109. The van der Waals surface area contributed by atoms with Crippen LogP contribution >= 0.6 is 23.1 Å². The number of ether oxygens (including phenoxy) is 2. The fourth-order valence-corrected chi connectivity index (χ4v) is 4.36. The van der Waals surface area contributed by atoms with Crippen LogP contribution in [0.2, 0.25) is 0 Å². The largest absolute Gasteiger partial charge is 0.490 e. The second-order valence-corrected chi connectivity index (χ2v) is 7.97. The van der Waals surface area contributed by atoms with Gasteiger partial charge in [0.25, 0.3) is 0 Å². The molecule has 1 aliphatic heterocycles. The molecule has 0 saturated heterocycles. The summed E-state index contributed by atoms with van der Waals surface area (Å²) in [6.45, 7) is 4.04. The van der Waals surface area contributed by atoms with Crippen molar-refractivity contribution in [3.8, 4) is 22.2 Å². The predicted molar refractivity (Wildman–Crippen MR) is 110 cm³/mol. The number of benzene rings is 1. The summed E-state index contributed by atoms with van der Waals surface area (Å²) in [5, 5.41) is 14.2. The lowest BCUT2D eigenvalue weighted by Gasteiger charge is -2.10. The van der Waals surface area contributed by atoms with Crippen LogP contribution in [0.1, 0.15) is 13.3 Å². The quantitative estimate of drug-likeness (QED) is 0.614. The number of nitrogens with zero attached hydrogens (tertiary/aromatic N) is 3. The number of carbonyl (C=O) groups is 1. The summed E-state index contributed by atoms with van der Waals surface area (Å²) in [5.74, 6) is 2.35. The minimum Gasteiger partial charge on any atom is -0.490 e. The van der Waals surface area contributed by atoms with E-state index in [2.05, 4.69) is 15.5 Å². The van der Waals surface area contributed by atoms with E-state index in [1.165, 1.54) is 11.8 Å². The van der Waals surface area contributed by atoms with Crippen LogP contribution in [0.25, 0.3) is 10.7 Å². The van der Waals surface area contributed by atoms with Gasteiger partial charge in [0.2, 0.25) is 5.91 Å². The predicted octanol–water partition coefficient (Wildman–Crippen LogP) is 3.92. The van der Waals surface area contributed by atoms with Crippen LogP contribution < -0.4 is 14.8 Å². The molecule has 0 bridgehead atoms. The van der Waals surface area contributed by atoms with Crippen LogP contribution in [0.3, 0.4) is 0 Å². The highest BCUT2D eigenvalue weighted by molar-refractivity contribution is 7.99. The first kappa shape index (κ1) is 18.8. The molecular formula is C19H20N4O3S2. The normalized spacial score (nSPS) is 13.2. The molecule has 1 aliphatic rings. The number of rotatable bonds is 6. The highest BCUT2D eigenvalue weighted by Crippen LogP contribution is 2.32. The first-order valence-electron chi connectivity index (χ1n) is 9.04. The third kappa shape index (κ3) is 4.15. The topological polar surface area (TPSA) is 78.3 Å². The van der Waals surface area contributed by atoms with Gasteiger partial charge in [-0.15, -0.1) is 21.5 Å². The second kappa shape index (κ2) is 8.66. The van der Waals surface area contributed by atoms with Gasteiger partial charge in [0.05, 0.1) is 23.8 Å². The van der Waals surface area contributed by atoms with Crippen LogP contribution in [0.5, 0.6) is 11.5 Å². The van der Waals surface area contributed by atoms with Crippen molar-refractivity contribution in [3.63, 3.8) is 0 Å². The summed E-state index contributed by atoms with van der Waals surface area (Å²) in [4.78, 5) is 13.5. The van der Waals surface area contributed by atoms with E-state index in [1.54, 1.807) is 17.4 Å². The van der Waals surface area contributed by atoms with E-state index in [9.17, 15) is 4.79 Å². The molecule has 28 heavy (non-hydrogen) atoms. The molecule has 3 aromatic rings. The summed E-state index contributed by atoms with van der Waals surface area (Å²) in [6.07, 6.45) is 0.846. The third-order valence-corrected chi connectivity index (χ3v) is 5.97. The lowest BCUT2D eigenvalue weighted by atomic mass is 10.2. The Morgan fingerprint density at radius 2 is 2.11 bits per heavy atom. The first-order valence-corrected chi connectivity index (χ1v) is 10.9. The Bertz CT molecular complexity index is 956. The van der Waals surface area contributed by atoms with E-state index in [1.807, 2.05) is 41.1 Å². The fourth-order valence-electron chi connectivity index (χ4n) is 2.84. The SMILES string of the molecule is CCn1c(SCC(=O)Nc2ccc3c(c2)OCCCO3)nnc1-c1cccs1. The van der Waals surface area contributed by atoms with E-state index in [0.29, 0.717) is 30.4 Å². The zero-order valence-electron chi connectivity index (χ0n) is 15.4. The smallest absolute Gasteiger partial charge is 0.234 e. The van der Waals surface area contributed by atoms with Crippen molar-refractivity contribution < 1.29 is 14.3 Å². The van der Waals surface area contributed by atoms with Gasteiger partial charge < -0.3 is 19.4 Å². The maximum Gasteiger partial charge on any atom is 0.234 e. The molecule has 0 aliphatic carbocycles. The van der Waals surface area contributed by atoms with Crippen LogP contribution in [-0.2, 0) is 11.3 Å². The average molecular weight is 417 g/mol. The van der Waals surface area contributed by atoms with E-state index in [4.69, 9.17) is 9.47 Å². The standard InChI is InChI=1S/C19H20N4O3S2/c1-2-23-18(16-5-3-10-27-16)21-22-19(23)28-12-17(24)20-13-6-7-14-15(11-13)26-9-4-8-25-14/h3,5-7,10-11H,2,4,8-9,12H2,1H3,(H,20,24). The van der Waals surface area contributed by atoms with Gasteiger partial charge >= 0.3 is 0 Å². The third-order valence-electron chi connectivity index (χ3n) is 4.14. The Kier molecular flexibility index (Phi) is 5.82. The van der Waals surface area contributed by atoms with Gasteiger partial charge in [0.15, 0.2) is 22.5 Å². The van der Waals surface area contributed by atoms with Crippen molar-refractivity contribution >= 4 is 34.7 Å². The van der Waals surface area contributed by atoms with Gasteiger partial charge in [0, 0.05) is 24.7 Å². The highest BCUT2D eigenvalue weighted by Gasteiger charge is 2.16. The number of nitrogens with one attached hydrogen (secondary N) is 1. The van der Waals surface area contributed by atoms with Crippen molar-refractivity contribution in [2.24, 2.45) is 0 Å². The van der Waals surface area contributed by atoms with Crippen LogP contribution in [0, 0.1) is 0 Å². The molecule has 0 radical (unpaired) electrons. The van der Waals surface area contributed by atoms with E-state index < -0.39 is 0 Å². The Balaban J connectivity index is 1.39. The molecule has 0 fully saturated rings. The molecule has 3 heterocycles. The number of thioether (sulfide) groups is 1. The summed E-state index contributed by atoms with van der Waals surface area (Å²) >= 11 is 3.00. The highest BCUT2D eigenvalue weighted by atomic mass is 32.2. The lowest BCUT2D eigenvalue weighted by molar-refractivity contribution is -0.113. The summed E-state index contributed by atoms with van der Waals surface area (Å²) in [6, 6.07) is 9.45. The van der Waals surface area contributed by atoms with Crippen molar-refractivity contribution in [2.45, 2.75) is 25.0 Å². The summed E-state index contributed by atoms with van der Waals surface area (Å²) in [7, 11) is 0. The van der Waals surface area contributed by atoms with Gasteiger partial charge in [0.1, 0.15) is 0 Å². The van der Waals surface area contributed by atoms with Crippen LogP contribution in [0.4, 0.5) is 5.69 Å². The van der Waals surface area contributed by atoms with Gasteiger partial charge in [-0.25, -0.2) is 0 Å². The number of amides is 1. The summed E-state index contributed by atoms with van der Waals surface area (Å²) < 4.78 is 13.3. The van der Waals surface area contributed by atoms with Crippen molar-refractivity contribution in [3.05, 3.63) is 35.7 Å². The number of hydrogen-bond acceptors (Lipinski definition) is 7. The number of hydrogen-bond donors (Lipinski definition) is 1. The molecule has 146 valence electrons. The Morgan fingerprint density at radius 1 is 1.25 bits per heavy atom. The molecule has 4 rings (SSSR count). The van der Waals surface area contributed by atoms with Crippen LogP contribution in [0.15, 0.2) is 40.9 Å². The monoisotopic (exact) mass is 416 g/mol. The second-order valence-electron chi connectivity index (χ2n) is 6.08.